The Bertz CT molecular complexity index is 1470. The predicted molar refractivity (Wildman–Crippen MR) is 121 cm³/mol. The van der Waals surface area contributed by atoms with Crippen LogP contribution in [0.1, 0.15) is 0 Å². The average Bonchev–Trinajstić information content (AvgIpc) is 2.73. The molecule has 0 saturated heterocycles. The Balaban J connectivity index is 1.82. The molecule has 0 heterocycles. The van der Waals surface area contributed by atoms with Crippen LogP contribution in [-0.2, 0) is 0 Å². The lowest BCUT2D eigenvalue weighted by Gasteiger charge is -2.16. The van der Waals surface area contributed by atoms with E-state index >= 15 is 0 Å². The third-order valence-electron chi connectivity index (χ3n) is 5.69. The highest BCUT2D eigenvalue weighted by Gasteiger charge is 2.14. The fourth-order valence-corrected chi connectivity index (χ4v) is 4.92. The van der Waals surface area contributed by atoms with Crippen molar-refractivity contribution < 1.29 is 0 Å². The molecule has 0 aliphatic carbocycles. The van der Waals surface area contributed by atoms with Crippen molar-refractivity contribution in [1.29, 1.82) is 0 Å². The normalized spacial score (nSPS) is 11.9. The quantitative estimate of drug-likeness (QED) is 0.241. The van der Waals surface area contributed by atoms with E-state index in [1.807, 2.05) is 0 Å². The molecule has 6 aromatic carbocycles. The lowest BCUT2D eigenvalue weighted by molar-refractivity contribution is 1.70. The van der Waals surface area contributed by atoms with Gasteiger partial charge in [0, 0.05) is 4.47 Å². The molecule has 0 radical (unpaired) electrons. The summed E-state index contributed by atoms with van der Waals surface area (Å²) in [6.45, 7) is 0. The number of halogens is 1. The van der Waals surface area contributed by atoms with Crippen LogP contribution in [0.4, 0.5) is 0 Å². The van der Waals surface area contributed by atoms with Crippen LogP contribution >= 0.6 is 15.9 Å². The molecule has 0 N–H and O–H groups in total. The van der Waals surface area contributed by atoms with E-state index in [1.165, 1.54) is 54.2 Å². The molecule has 0 nitrogen and oxygen atoms in total. The van der Waals surface area contributed by atoms with Crippen LogP contribution in [0.25, 0.3) is 54.2 Å². The van der Waals surface area contributed by atoms with Crippen LogP contribution in [0.15, 0.2) is 95.5 Å². The summed E-state index contributed by atoms with van der Waals surface area (Å²) in [7, 11) is 0. The molecule has 0 unspecified atom stereocenters. The highest BCUT2D eigenvalue weighted by atomic mass is 79.9. The maximum atomic E-state index is 3.74. The van der Waals surface area contributed by atoms with Crippen LogP contribution < -0.4 is 0 Å². The Hall–Kier alpha value is -2.90. The van der Waals surface area contributed by atoms with Crippen molar-refractivity contribution in [2.75, 3.05) is 0 Å². The number of rotatable bonds is 1. The van der Waals surface area contributed by atoms with Gasteiger partial charge in [-0.1, -0.05) is 101 Å². The van der Waals surface area contributed by atoms with Crippen LogP contribution in [0.5, 0.6) is 0 Å². The molecular formula is C26H15Br. The van der Waals surface area contributed by atoms with E-state index in [4.69, 9.17) is 0 Å². The molecule has 27 heavy (non-hydrogen) atoms. The van der Waals surface area contributed by atoms with E-state index in [-0.39, 0.29) is 0 Å². The monoisotopic (exact) mass is 406 g/mol. The van der Waals surface area contributed by atoms with Crippen LogP contribution in [-0.4, -0.2) is 0 Å². The summed E-state index contributed by atoms with van der Waals surface area (Å²) in [6.07, 6.45) is 0. The van der Waals surface area contributed by atoms with E-state index < -0.39 is 0 Å². The summed E-state index contributed by atoms with van der Waals surface area (Å²) >= 11 is 3.74. The minimum Gasteiger partial charge on any atom is -0.0616 e. The second kappa shape index (κ2) is 5.55. The number of hydrogen-bond donors (Lipinski definition) is 0. The summed E-state index contributed by atoms with van der Waals surface area (Å²) in [6, 6.07) is 33.1. The standard InChI is InChI=1S/C26H15Br/c27-24-15-11-18-9-8-17-10-12-21(22-13-14-23(24)26(18)25(17)22)20-7-3-5-16-4-1-2-6-19(16)20/h1-15H. The minimum atomic E-state index is 1.15. The Kier molecular flexibility index (Phi) is 3.12. The van der Waals surface area contributed by atoms with Gasteiger partial charge in [0.05, 0.1) is 0 Å². The number of fused-ring (bicyclic) bond motifs is 1. The smallest absolute Gasteiger partial charge is 0.0254 e. The molecular weight excluding hydrogens is 392 g/mol. The van der Waals surface area contributed by atoms with Crippen molar-refractivity contribution >= 4 is 59.0 Å². The first-order valence-electron chi connectivity index (χ1n) is 9.15. The van der Waals surface area contributed by atoms with Crippen molar-refractivity contribution in [3.63, 3.8) is 0 Å². The Morgan fingerprint density at radius 3 is 1.93 bits per heavy atom. The summed E-state index contributed by atoms with van der Waals surface area (Å²) in [4.78, 5) is 0. The molecule has 0 bridgehead atoms. The molecule has 0 amide bonds. The second-order valence-corrected chi connectivity index (χ2v) is 7.96. The van der Waals surface area contributed by atoms with Crippen LogP contribution in [0.2, 0.25) is 0 Å². The molecule has 0 saturated carbocycles. The fraction of sp³-hybridized carbons (Fsp3) is 0. The zero-order valence-corrected chi connectivity index (χ0v) is 16.1. The molecule has 126 valence electrons. The lowest BCUT2D eigenvalue weighted by atomic mass is 9.88. The minimum absolute atomic E-state index is 1.15. The first-order valence-corrected chi connectivity index (χ1v) is 9.95. The third kappa shape index (κ3) is 2.09. The largest absolute Gasteiger partial charge is 0.0616 e. The zero-order chi connectivity index (χ0) is 18.0. The second-order valence-electron chi connectivity index (χ2n) is 7.11. The summed E-state index contributed by atoms with van der Waals surface area (Å²) in [5.41, 5.74) is 2.60. The SMILES string of the molecule is Brc1ccc2ccc3ccc(-c4cccc5ccccc45)c4ccc1c2c34. The predicted octanol–water partition coefficient (Wildman–Crippen LogP) is 8.17. The van der Waals surface area contributed by atoms with Gasteiger partial charge in [-0.05, 0) is 60.3 Å². The van der Waals surface area contributed by atoms with Crippen molar-refractivity contribution in [3.8, 4) is 11.1 Å². The van der Waals surface area contributed by atoms with Crippen molar-refractivity contribution in [2.24, 2.45) is 0 Å². The molecule has 0 fully saturated rings. The highest BCUT2D eigenvalue weighted by Crippen LogP contribution is 2.42. The van der Waals surface area contributed by atoms with E-state index in [9.17, 15) is 0 Å². The van der Waals surface area contributed by atoms with Gasteiger partial charge in [0.1, 0.15) is 0 Å². The van der Waals surface area contributed by atoms with E-state index in [1.54, 1.807) is 0 Å². The topological polar surface area (TPSA) is 0 Å². The first kappa shape index (κ1) is 15.2. The molecule has 0 spiro atoms. The number of benzene rings is 6. The van der Waals surface area contributed by atoms with Gasteiger partial charge >= 0.3 is 0 Å². The fourth-order valence-electron chi connectivity index (χ4n) is 4.46. The van der Waals surface area contributed by atoms with Gasteiger partial charge in [0.15, 0.2) is 0 Å². The Morgan fingerprint density at radius 2 is 1.04 bits per heavy atom. The first-order chi connectivity index (χ1) is 13.3. The highest BCUT2D eigenvalue weighted by molar-refractivity contribution is 9.10. The van der Waals surface area contributed by atoms with E-state index in [0.717, 1.165) is 4.47 Å². The summed E-state index contributed by atoms with van der Waals surface area (Å²) in [5.74, 6) is 0. The van der Waals surface area contributed by atoms with Crippen molar-refractivity contribution in [2.45, 2.75) is 0 Å². The maximum absolute atomic E-state index is 3.74. The van der Waals surface area contributed by atoms with Gasteiger partial charge in [-0.25, -0.2) is 0 Å². The van der Waals surface area contributed by atoms with Gasteiger partial charge in [-0.15, -0.1) is 0 Å². The molecule has 0 aliphatic heterocycles. The zero-order valence-electron chi connectivity index (χ0n) is 14.5. The summed E-state index contributed by atoms with van der Waals surface area (Å²) < 4.78 is 1.15. The molecule has 0 aromatic heterocycles. The van der Waals surface area contributed by atoms with E-state index in [0.29, 0.717) is 0 Å². The molecule has 6 rings (SSSR count). The Morgan fingerprint density at radius 1 is 0.407 bits per heavy atom. The lowest BCUT2D eigenvalue weighted by Crippen LogP contribution is -1.88. The van der Waals surface area contributed by atoms with Gasteiger partial charge in [-0.2, -0.15) is 0 Å². The van der Waals surface area contributed by atoms with Crippen molar-refractivity contribution in [3.05, 3.63) is 95.5 Å². The van der Waals surface area contributed by atoms with Gasteiger partial charge in [0.2, 0.25) is 0 Å². The third-order valence-corrected chi connectivity index (χ3v) is 6.38. The van der Waals surface area contributed by atoms with Gasteiger partial charge in [0.25, 0.3) is 0 Å². The van der Waals surface area contributed by atoms with Crippen LogP contribution in [0, 0.1) is 0 Å². The van der Waals surface area contributed by atoms with E-state index in [2.05, 4.69) is 107 Å². The molecule has 1 heteroatoms. The molecule has 0 atom stereocenters. The van der Waals surface area contributed by atoms with Crippen molar-refractivity contribution in [1.82, 2.24) is 0 Å². The molecule has 6 aromatic rings. The van der Waals surface area contributed by atoms with Gasteiger partial charge in [-0.3, -0.25) is 0 Å². The van der Waals surface area contributed by atoms with Gasteiger partial charge < -0.3 is 0 Å². The molecule has 0 aliphatic rings. The Labute approximate surface area is 165 Å². The summed E-state index contributed by atoms with van der Waals surface area (Å²) in [5, 5.41) is 10.5. The average molecular weight is 407 g/mol. The number of hydrogen-bond acceptors (Lipinski definition) is 0. The maximum Gasteiger partial charge on any atom is 0.0254 e. The van der Waals surface area contributed by atoms with Crippen LogP contribution in [0.3, 0.4) is 0 Å².